The van der Waals surface area contributed by atoms with Gasteiger partial charge >= 0.3 is 5.63 Å². The zero-order valence-corrected chi connectivity index (χ0v) is 22.4. The Balaban J connectivity index is 1.46. The van der Waals surface area contributed by atoms with Crippen LogP contribution in [-0.4, -0.2) is 18.6 Å². The summed E-state index contributed by atoms with van der Waals surface area (Å²) in [5, 5.41) is 21.2. The third kappa shape index (κ3) is 5.86. The number of anilines is 1. The highest BCUT2D eigenvalue weighted by Gasteiger charge is 2.38. The minimum absolute atomic E-state index is 0.0634. The maximum Gasteiger partial charge on any atom is 0.343 e. The number of hydrogen-bond donors (Lipinski definition) is 3. The minimum atomic E-state index is -4.05. The van der Waals surface area contributed by atoms with E-state index < -0.39 is 21.6 Å². The molecular weight excluding hydrogens is 514 g/mol. The van der Waals surface area contributed by atoms with Gasteiger partial charge in [0, 0.05) is 23.6 Å². The van der Waals surface area contributed by atoms with Gasteiger partial charge in [0.05, 0.1) is 5.56 Å². The Kier molecular flexibility index (Phi) is 7.48. The molecule has 0 radical (unpaired) electrons. The second-order valence-corrected chi connectivity index (χ2v) is 11.7. The van der Waals surface area contributed by atoms with E-state index in [1.54, 1.807) is 30.3 Å². The fourth-order valence-corrected chi connectivity index (χ4v) is 6.28. The molecule has 3 N–H and O–H groups in total. The fourth-order valence-electron chi connectivity index (χ4n) is 5.13. The van der Waals surface area contributed by atoms with E-state index in [4.69, 9.17) is 4.42 Å². The van der Waals surface area contributed by atoms with Crippen molar-refractivity contribution in [1.29, 1.82) is 0 Å². The van der Waals surface area contributed by atoms with Crippen molar-refractivity contribution in [1.82, 2.24) is 0 Å². The Morgan fingerprint density at radius 2 is 1.64 bits per heavy atom. The first kappa shape index (κ1) is 26.6. The molecule has 4 aromatic rings. The lowest BCUT2D eigenvalue weighted by atomic mass is 9.86. The summed E-state index contributed by atoms with van der Waals surface area (Å²) in [6.45, 7) is 2.02. The van der Waals surface area contributed by atoms with Crippen LogP contribution >= 0.6 is 0 Å². The van der Waals surface area contributed by atoms with E-state index >= 15 is 0 Å². The SMILES string of the molecule is CCC(Cc1ccccc1)c1cc(O)c(C(c2cccc(NS(=O)(=O)c3ccccc3O)c2)C2CC2)c(=O)o1. The molecule has 1 aliphatic carbocycles. The molecule has 1 aromatic heterocycles. The largest absolute Gasteiger partial charge is 0.507 e. The summed E-state index contributed by atoms with van der Waals surface area (Å²) in [7, 11) is -4.05. The second kappa shape index (κ2) is 11.0. The molecule has 39 heavy (non-hydrogen) atoms. The van der Waals surface area contributed by atoms with E-state index in [1.165, 1.54) is 18.2 Å². The van der Waals surface area contributed by atoms with Gasteiger partial charge < -0.3 is 14.6 Å². The van der Waals surface area contributed by atoms with Gasteiger partial charge in [-0.05, 0) is 67.0 Å². The van der Waals surface area contributed by atoms with Crippen molar-refractivity contribution in [2.24, 2.45) is 5.92 Å². The average molecular weight is 546 g/mol. The van der Waals surface area contributed by atoms with Gasteiger partial charge in [-0.1, -0.05) is 61.5 Å². The van der Waals surface area contributed by atoms with E-state index in [1.807, 2.05) is 43.3 Å². The van der Waals surface area contributed by atoms with Gasteiger partial charge in [-0.15, -0.1) is 0 Å². The highest BCUT2D eigenvalue weighted by molar-refractivity contribution is 7.92. The van der Waals surface area contributed by atoms with Crippen molar-refractivity contribution in [3.8, 4) is 11.5 Å². The summed E-state index contributed by atoms with van der Waals surface area (Å²) in [5.41, 5.74) is 1.72. The van der Waals surface area contributed by atoms with Crippen molar-refractivity contribution in [2.75, 3.05) is 4.72 Å². The number of nitrogens with one attached hydrogen (secondary N) is 1. The molecule has 0 aliphatic heterocycles. The zero-order valence-electron chi connectivity index (χ0n) is 21.6. The van der Waals surface area contributed by atoms with Crippen LogP contribution in [0.25, 0.3) is 0 Å². The Morgan fingerprint density at radius 3 is 2.31 bits per heavy atom. The maximum atomic E-state index is 13.4. The predicted molar refractivity (Wildman–Crippen MR) is 150 cm³/mol. The van der Waals surface area contributed by atoms with Gasteiger partial charge in [0.25, 0.3) is 10.0 Å². The second-order valence-electron chi connectivity index (χ2n) is 10.0. The van der Waals surface area contributed by atoms with Crippen molar-refractivity contribution >= 4 is 15.7 Å². The van der Waals surface area contributed by atoms with Crippen LogP contribution in [0.15, 0.2) is 99.0 Å². The van der Waals surface area contributed by atoms with Crippen LogP contribution in [0.1, 0.15) is 60.5 Å². The van der Waals surface area contributed by atoms with Crippen LogP contribution in [0.5, 0.6) is 11.5 Å². The molecule has 8 heteroatoms. The van der Waals surface area contributed by atoms with Crippen LogP contribution in [0.4, 0.5) is 5.69 Å². The summed E-state index contributed by atoms with van der Waals surface area (Å²) >= 11 is 0. The van der Waals surface area contributed by atoms with Gasteiger partial charge in [-0.2, -0.15) is 0 Å². The molecule has 1 heterocycles. The van der Waals surface area contributed by atoms with E-state index in [0.717, 1.165) is 24.8 Å². The molecule has 0 spiro atoms. The molecule has 2 unspecified atom stereocenters. The van der Waals surface area contributed by atoms with Crippen molar-refractivity contribution in [2.45, 2.75) is 49.3 Å². The fraction of sp³-hybridized carbons (Fsp3) is 0.258. The minimum Gasteiger partial charge on any atom is -0.507 e. The molecule has 0 saturated heterocycles. The van der Waals surface area contributed by atoms with E-state index in [2.05, 4.69) is 4.72 Å². The first-order valence-corrected chi connectivity index (χ1v) is 14.6. The number of benzene rings is 3. The third-order valence-electron chi connectivity index (χ3n) is 7.26. The zero-order chi connectivity index (χ0) is 27.6. The molecule has 5 rings (SSSR count). The topological polar surface area (TPSA) is 117 Å². The van der Waals surface area contributed by atoms with Crippen molar-refractivity contribution in [3.63, 3.8) is 0 Å². The normalized spacial score (nSPS) is 15.0. The van der Waals surface area contributed by atoms with Gasteiger partial charge in [0.1, 0.15) is 22.2 Å². The third-order valence-corrected chi connectivity index (χ3v) is 8.69. The lowest BCUT2D eigenvalue weighted by molar-refractivity contribution is 0.379. The molecule has 0 amide bonds. The van der Waals surface area contributed by atoms with Gasteiger partial charge in [-0.3, -0.25) is 4.72 Å². The quantitative estimate of drug-likeness (QED) is 0.221. The van der Waals surface area contributed by atoms with Gasteiger partial charge in [0.2, 0.25) is 0 Å². The average Bonchev–Trinajstić information content (AvgIpc) is 3.75. The lowest BCUT2D eigenvalue weighted by Crippen LogP contribution is -2.18. The highest BCUT2D eigenvalue weighted by Crippen LogP contribution is 2.48. The van der Waals surface area contributed by atoms with Crippen molar-refractivity contribution in [3.05, 3.63) is 118 Å². The predicted octanol–water partition coefficient (Wildman–Crippen LogP) is 6.13. The smallest absolute Gasteiger partial charge is 0.343 e. The number of phenols is 1. The number of para-hydroxylation sites is 1. The molecule has 1 aliphatic rings. The monoisotopic (exact) mass is 545 g/mol. The summed E-state index contributed by atoms with van der Waals surface area (Å²) < 4.78 is 34.2. The highest BCUT2D eigenvalue weighted by atomic mass is 32.2. The molecular formula is C31H31NO6S. The Morgan fingerprint density at radius 1 is 0.923 bits per heavy atom. The lowest BCUT2D eigenvalue weighted by Gasteiger charge is -2.20. The van der Waals surface area contributed by atoms with Crippen LogP contribution < -0.4 is 10.3 Å². The van der Waals surface area contributed by atoms with E-state index in [9.17, 15) is 23.4 Å². The molecule has 3 aromatic carbocycles. The summed E-state index contributed by atoms with van der Waals surface area (Å²) in [5.74, 6) is -0.389. The molecule has 1 saturated carbocycles. The molecule has 7 nitrogen and oxygen atoms in total. The Labute approximate surface area is 227 Å². The number of phenolic OH excluding ortho intramolecular Hbond substituents is 1. The van der Waals surface area contributed by atoms with Crippen LogP contribution in [0, 0.1) is 5.92 Å². The maximum absolute atomic E-state index is 13.4. The van der Waals surface area contributed by atoms with Crippen LogP contribution in [0.3, 0.4) is 0 Å². The summed E-state index contributed by atoms with van der Waals surface area (Å²) in [6.07, 6.45) is 3.18. The van der Waals surface area contributed by atoms with Gasteiger partial charge in [-0.25, -0.2) is 13.2 Å². The summed E-state index contributed by atoms with van der Waals surface area (Å²) in [6, 6.07) is 24.0. The summed E-state index contributed by atoms with van der Waals surface area (Å²) in [4.78, 5) is 13.1. The number of sulfonamides is 1. The first-order valence-electron chi connectivity index (χ1n) is 13.1. The van der Waals surface area contributed by atoms with E-state index in [0.29, 0.717) is 17.7 Å². The standard InChI is InChI=1S/C31H31NO6S/c1-2-21(17-20-9-4-3-5-10-20)27-19-26(34)30(31(35)38-27)29(22-15-16-22)23-11-8-12-24(18-23)32-39(36,37)28-14-7-6-13-25(28)33/h3-14,18-19,21-22,29,32-34H,2,15-17H2,1H3. The van der Waals surface area contributed by atoms with Crippen LogP contribution in [-0.2, 0) is 16.4 Å². The molecule has 202 valence electrons. The molecule has 2 atom stereocenters. The molecule has 0 bridgehead atoms. The Bertz CT molecular complexity index is 1630. The number of hydrogen-bond acceptors (Lipinski definition) is 6. The molecule has 1 fully saturated rings. The van der Waals surface area contributed by atoms with Gasteiger partial charge in [0.15, 0.2) is 0 Å². The Hall–Kier alpha value is -4.04. The first-order chi connectivity index (χ1) is 18.8. The number of aromatic hydroxyl groups is 2. The van der Waals surface area contributed by atoms with Crippen LogP contribution in [0.2, 0.25) is 0 Å². The van der Waals surface area contributed by atoms with Crippen molar-refractivity contribution < 1.29 is 23.0 Å². The van der Waals surface area contributed by atoms with E-state index in [-0.39, 0.29) is 39.5 Å². The number of rotatable bonds is 10.